The van der Waals surface area contributed by atoms with Crippen molar-refractivity contribution >= 4 is 11.6 Å². The Balaban J connectivity index is 2.09. The third-order valence-corrected chi connectivity index (χ3v) is 3.47. The van der Waals surface area contributed by atoms with Crippen LogP contribution in [-0.4, -0.2) is 27.2 Å². The van der Waals surface area contributed by atoms with Crippen molar-refractivity contribution in [1.82, 2.24) is 9.97 Å². The van der Waals surface area contributed by atoms with Gasteiger partial charge in [-0.1, -0.05) is 6.92 Å². The van der Waals surface area contributed by atoms with Gasteiger partial charge in [-0.25, -0.2) is 15.8 Å². The summed E-state index contributed by atoms with van der Waals surface area (Å²) in [5.41, 5.74) is 3.61. The van der Waals surface area contributed by atoms with E-state index >= 15 is 0 Å². The SMILES string of the molecule is CCc1c(NN)ncnc1NC1CCC(O)CC1. The van der Waals surface area contributed by atoms with Gasteiger partial charge in [-0.15, -0.1) is 0 Å². The highest BCUT2D eigenvalue weighted by atomic mass is 16.3. The number of aliphatic hydroxyl groups is 1. The molecule has 0 spiro atoms. The summed E-state index contributed by atoms with van der Waals surface area (Å²) in [6, 6.07) is 0.374. The van der Waals surface area contributed by atoms with Gasteiger partial charge in [0.1, 0.15) is 18.0 Å². The normalized spacial score (nSPS) is 23.7. The second-order valence-corrected chi connectivity index (χ2v) is 4.70. The molecule has 1 aliphatic rings. The Hall–Kier alpha value is -1.40. The molecule has 2 rings (SSSR count). The Morgan fingerprint density at radius 2 is 1.94 bits per heavy atom. The zero-order valence-electron chi connectivity index (χ0n) is 10.7. The summed E-state index contributed by atoms with van der Waals surface area (Å²) < 4.78 is 0. The van der Waals surface area contributed by atoms with E-state index in [0.717, 1.165) is 43.5 Å². The van der Waals surface area contributed by atoms with Gasteiger partial charge in [0, 0.05) is 11.6 Å². The predicted molar refractivity (Wildman–Crippen MR) is 71.1 cm³/mol. The Bertz CT molecular complexity index is 390. The topological polar surface area (TPSA) is 96.1 Å². The molecule has 0 aliphatic heterocycles. The molecule has 1 aliphatic carbocycles. The molecule has 100 valence electrons. The minimum atomic E-state index is -0.139. The molecule has 1 aromatic rings. The third kappa shape index (κ3) is 2.88. The van der Waals surface area contributed by atoms with Crippen molar-refractivity contribution in [3.8, 4) is 0 Å². The first-order valence-corrected chi connectivity index (χ1v) is 6.49. The second-order valence-electron chi connectivity index (χ2n) is 4.70. The summed E-state index contributed by atoms with van der Waals surface area (Å²) in [5.74, 6) is 6.97. The van der Waals surface area contributed by atoms with E-state index in [1.807, 2.05) is 0 Å². The highest BCUT2D eigenvalue weighted by Gasteiger charge is 2.20. The van der Waals surface area contributed by atoms with E-state index in [2.05, 4.69) is 27.6 Å². The molecule has 1 saturated carbocycles. The van der Waals surface area contributed by atoms with Crippen LogP contribution in [0, 0.1) is 0 Å². The maximum absolute atomic E-state index is 9.50. The molecule has 0 radical (unpaired) electrons. The van der Waals surface area contributed by atoms with Gasteiger partial charge in [-0.05, 0) is 32.1 Å². The molecule has 0 aromatic carbocycles. The summed E-state index contributed by atoms with van der Waals surface area (Å²) in [6.45, 7) is 2.05. The maximum atomic E-state index is 9.50. The minimum absolute atomic E-state index is 0.139. The lowest BCUT2D eigenvalue weighted by Gasteiger charge is -2.27. The Kier molecular flexibility index (Phi) is 4.33. The Morgan fingerprint density at radius 3 is 2.56 bits per heavy atom. The lowest BCUT2D eigenvalue weighted by molar-refractivity contribution is 0.126. The number of anilines is 2. The van der Waals surface area contributed by atoms with E-state index in [9.17, 15) is 5.11 Å². The smallest absolute Gasteiger partial charge is 0.148 e. The Morgan fingerprint density at radius 1 is 1.28 bits per heavy atom. The quantitative estimate of drug-likeness (QED) is 0.472. The van der Waals surface area contributed by atoms with E-state index in [1.165, 1.54) is 6.33 Å². The largest absolute Gasteiger partial charge is 0.393 e. The molecular formula is C12H21N5O. The zero-order chi connectivity index (χ0) is 13.0. The van der Waals surface area contributed by atoms with E-state index in [1.54, 1.807) is 0 Å². The van der Waals surface area contributed by atoms with Gasteiger partial charge in [0.2, 0.25) is 0 Å². The van der Waals surface area contributed by atoms with Gasteiger partial charge in [-0.2, -0.15) is 0 Å². The standard InChI is InChI=1S/C12H21N5O/c1-2-10-11(14-7-15-12(10)17-13)16-8-3-5-9(18)6-4-8/h7-9,18H,2-6,13H2,1H3,(H2,14,15,16,17). The minimum Gasteiger partial charge on any atom is -0.393 e. The average Bonchev–Trinajstić information content (AvgIpc) is 2.41. The summed E-state index contributed by atoms with van der Waals surface area (Å²) in [4.78, 5) is 8.40. The fraction of sp³-hybridized carbons (Fsp3) is 0.667. The molecule has 0 amide bonds. The number of hydrogen-bond acceptors (Lipinski definition) is 6. The number of nitrogens with one attached hydrogen (secondary N) is 2. The number of hydrazine groups is 1. The molecule has 1 heterocycles. The van der Waals surface area contributed by atoms with Crippen molar-refractivity contribution in [3.63, 3.8) is 0 Å². The van der Waals surface area contributed by atoms with Gasteiger partial charge < -0.3 is 15.8 Å². The van der Waals surface area contributed by atoms with Crippen LogP contribution in [0.25, 0.3) is 0 Å². The molecule has 5 N–H and O–H groups in total. The first-order chi connectivity index (χ1) is 8.74. The van der Waals surface area contributed by atoms with Crippen LogP contribution in [0.2, 0.25) is 0 Å². The van der Waals surface area contributed by atoms with Gasteiger partial charge in [0.15, 0.2) is 0 Å². The number of nitrogen functional groups attached to an aromatic ring is 1. The maximum Gasteiger partial charge on any atom is 0.148 e. The van der Waals surface area contributed by atoms with Crippen LogP contribution < -0.4 is 16.6 Å². The van der Waals surface area contributed by atoms with Crippen molar-refractivity contribution in [3.05, 3.63) is 11.9 Å². The first kappa shape index (κ1) is 13.0. The highest BCUT2D eigenvalue weighted by Crippen LogP contribution is 2.25. The first-order valence-electron chi connectivity index (χ1n) is 6.49. The van der Waals surface area contributed by atoms with Crippen molar-refractivity contribution in [1.29, 1.82) is 0 Å². The third-order valence-electron chi connectivity index (χ3n) is 3.47. The molecule has 18 heavy (non-hydrogen) atoms. The molecule has 6 heteroatoms. The molecule has 0 saturated heterocycles. The van der Waals surface area contributed by atoms with Crippen LogP contribution in [0.5, 0.6) is 0 Å². The number of aliphatic hydroxyl groups excluding tert-OH is 1. The van der Waals surface area contributed by atoms with Crippen LogP contribution >= 0.6 is 0 Å². The Labute approximate surface area is 107 Å². The van der Waals surface area contributed by atoms with Crippen molar-refractivity contribution in [2.45, 2.75) is 51.2 Å². The van der Waals surface area contributed by atoms with E-state index < -0.39 is 0 Å². The number of hydrogen-bond donors (Lipinski definition) is 4. The monoisotopic (exact) mass is 251 g/mol. The number of nitrogens with zero attached hydrogens (tertiary/aromatic N) is 2. The van der Waals surface area contributed by atoms with Crippen LogP contribution in [-0.2, 0) is 6.42 Å². The van der Waals surface area contributed by atoms with Crippen LogP contribution in [0.1, 0.15) is 38.2 Å². The van der Waals surface area contributed by atoms with Gasteiger partial charge in [-0.3, -0.25) is 0 Å². The lowest BCUT2D eigenvalue weighted by atomic mass is 9.93. The molecule has 0 atom stereocenters. The van der Waals surface area contributed by atoms with Gasteiger partial charge in [0.25, 0.3) is 0 Å². The summed E-state index contributed by atoms with van der Waals surface area (Å²) in [5, 5.41) is 12.9. The molecule has 6 nitrogen and oxygen atoms in total. The molecule has 0 bridgehead atoms. The van der Waals surface area contributed by atoms with Crippen LogP contribution in [0.4, 0.5) is 11.6 Å². The van der Waals surface area contributed by atoms with Gasteiger partial charge in [0.05, 0.1) is 6.10 Å². The van der Waals surface area contributed by atoms with Crippen LogP contribution in [0.3, 0.4) is 0 Å². The second kappa shape index (κ2) is 5.97. The molecule has 0 unspecified atom stereocenters. The summed E-state index contributed by atoms with van der Waals surface area (Å²) >= 11 is 0. The van der Waals surface area contributed by atoms with E-state index in [-0.39, 0.29) is 6.10 Å². The highest BCUT2D eigenvalue weighted by molar-refractivity contribution is 5.57. The fourth-order valence-electron chi connectivity index (χ4n) is 2.41. The van der Waals surface area contributed by atoms with Gasteiger partial charge >= 0.3 is 0 Å². The number of nitrogens with two attached hydrogens (primary N) is 1. The summed E-state index contributed by atoms with van der Waals surface area (Å²) in [7, 11) is 0. The molecule has 1 fully saturated rings. The average molecular weight is 251 g/mol. The predicted octanol–water partition coefficient (Wildman–Crippen LogP) is 1.04. The molecule has 1 aromatic heterocycles. The number of rotatable bonds is 4. The summed E-state index contributed by atoms with van der Waals surface area (Å²) in [6.07, 6.45) is 5.84. The molecular weight excluding hydrogens is 230 g/mol. The van der Waals surface area contributed by atoms with E-state index in [0.29, 0.717) is 11.9 Å². The fourth-order valence-corrected chi connectivity index (χ4v) is 2.41. The van der Waals surface area contributed by atoms with Crippen molar-refractivity contribution in [2.24, 2.45) is 5.84 Å². The lowest BCUT2D eigenvalue weighted by Crippen LogP contribution is -2.29. The van der Waals surface area contributed by atoms with Crippen molar-refractivity contribution < 1.29 is 5.11 Å². The van der Waals surface area contributed by atoms with E-state index in [4.69, 9.17) is 5.84 Å². The number of aromatic nitrogens is 2. The van der Waals surface area contributed by atoms with Crippen LogP contribution in [0.15, 0.2) is 6.33 Å². The zero-order valence-corrected chi connectivity index (χ0v) is 10.7. The van der Waals surface area contributed by atoms with Crippen molar-refractivity contribution in [2.75, 3.05) is 10.7 Å².